The van der Waals surface area contributed by atoms with Crippen LogP contribution in [0.2, 0.25) is 10.0 Å². The Morgan fingerprint density at radius 2 is 0.864 bits per heavy atom. The summed E-state index contributed by atoms with van der Waals surface area (Å²) in [5, 5.41) is 1.38. The number of benzene rings is 6. The summed E-state index contributed by atoms with van der Waals surface area (Å²) in [6.45, 7) is 4.55. The third-order valence-electron chi connectivity index (χ3n) is 14.2. The Morgan fingerprint density at radius 3 is 1.26 bits per heavy atom. The van der Waals surface area contributed by atoms with E-state index >= 15 is 0 Å². The molecule has 332 valence electrons. The number of halogens is 2. The lowest BCUT2D eigenvalue weighted by atomic mass is 9.92. The Labute approximate surface area is 393 Å². The zero-order valence-corrected chi connectivity index (χ0v) is 37.6. The molecule has 2 saturated carbocycles. The van der Waals surface area contributed by atoms with Crippen molar-refractivity contribution < 1.29 is 28.7 Å². The van der Waals surface area contributed by atoms with Gasteiger partial charge in [0.1, 0.15) is 0 Å². The molecule has 2 aliphatic carbocycles. The van der Waals surface area contributed by atoms with Gasteiger partial charge in [-0.15, -0.1) is 0 Å². The molecule has 0 bridgehead atoms. The summed E-state index contributed by atoms with van der Waals surface area (Å²) in [5.41, 5.74) is 7.67. The summed E-state index contributed by atoms with van der Waals surface area (Å²) >= 11 is 12.2. The van der Waals surface area contributed by atoms with Crippen LogP contribution in [-0.2, 0) is 29.9 Å². The second kappa shape index (κ2) is 16.8. The number of carbonyl (C=O) groups excluding carboxylic acids is 4. The lowest BCUT2D eigenvalue weighted by molar-refractivity contribution is -0.120. The highest BCUT2D eigenvalue weighted by atomic mass is 35.5. The maximum atomic E-state index is 14.0. The minimum atomic E-state index is -0.561. The maximum absolute atomic E-state index is 14.0. The first-order chi connectivity index (χ1) is 32.2. The molecule has 2 saturated heterocycles. The quantitative estimate of drug-likeness (QED) is 0.165. The molecule has 0 aromatic heterocycles. The van der Waals surface area contributed by atoms with Gasteiger partial charge in [0.15, 0.2) is 0 Å². The lowest BCUT2D eigenvalue weighted by Gasteiger charge is -2.27. The van der Waals surface area contributed by atoms with E-state index < -0.39 is 10.8 Å². The molecular weight excluding hydrogens is 872 g/mol. The third-order valence-corrected chi connectivity index (χ3v) is 14.7. The summed E-state index contributed by atoms with van der Waals surface area (Å²) in [5.74, 6) is 0.318. The van der Waals surface area contributed by atoms with Crippen LogP contribution >= 0.6 is 23.2 Å². The summed E-state index contributed by atoms with van der Waals surface area (Å²) in [6.07, 6.45) is 1.54. The maximum Gasteiger partial charge on any atom is 0.254 e. The molecule has 4 amide bonds. The topological polar surface area (TPSA) is 99.7 Å². The van der Waals surface area contributed by atoms with E-state index in [-0.39, 0.29) is 35.5 Å². The van der Waals surface area contributed by atoms with Gasteiger partial charge in [-0.05, 0) is 108 Å². The molecule has 66 heavy (non-hydrogen) atoms. The van der Waals surface area contributed by atoms with E-state index in [1.807, 2.05) is 133 Å². The van der Waals surface area contributed by atoms with Crippen LogP contribution in [0.25, 0.3) is 0 Å². The van der Waals surface area contributed by atoms with Crippen LogP contribution in [0.5, 0.6) is 0 Å². The molecule has 4 atom stereocenters. The average molecular weight is 918 g/mol. The summed E-state index contributed by atoms with van der Waals surface area (Å²) in [6, 6.07) is 46.4. The molecule has 6 aliphatic rings. The molecule has 0 radical (unpaired) electrons. The van der Waals surface area contributed by atoms with Gasteiger partial charge in [-0.25, -0.2) is 0 Å². The number of amides is 4. The summed E-state index contributed by atoms with van der Waals surface area (Å²) in [7, 11) is 0. The van der Waals surface area contributed by atoms with Crippen LogP contribution in [0.15, 0.2) is 146 Å². The molecule has 4 heterocycles. The number of ether oxygens (including phenoxy) is 2. The van der Waals surface area contributed by atoms with E-state index in [2.05, 4.69) is 12.1 Å². The lowest BCUT2D eigenvalue weighted by Crippen LogP contribution is -2.40. The van der Waals surface area contributed by atoms with Crippen LogP contribution in [-0.4, -0.2) is 86.0 Å². The SMILES string of the molecule is O=C(c1cccc(N2C(=O)[C@@]3(C[C@@H]3c3ccc(Cl)cc3)c3ccccc32)c1)N1CCOCC1.O=C(c1cccc(N2C(=O)[C@]3(C[C@H]3c3ccc(Cl)cc3)c3ccccc32)c1)N1CCOCC1. The molecule has 4 aliphatic heterocycles. The number of hydrogen-bond donors (Lipinski definition) is 0. The van der Waals surface area contributed by atoms with Gasteiger partial charge in [0.05, 0.1) is 48.6 Å². The molecule has 12 rings (SSSR count). The third kappa shape index (κ3) is 7.09. The zero-order chi connectivity index (χ0) is 45.2. The van der Waals surface area contributed by atoms with Crippen LogP contribution in [0, 0.1) is 0 Å². The van der Waals surface area contributed by atoms with Gasteiger partial charge in [0.2, 0.25) is 11.8 Å². The number of rotatable bonds is 6. The first-order valence-corrected chi connectivity index (χ1v) is 23.3. The van der Waals surface area contributed by atoms with E-state index in [9.17, 15) is 19.2 Å². The van der Waals surface area contributed by atoms with E-state index in [1.165, 1.54) is 0 Å². The van der Waals surface area contributed by atoms with Crippen LogP contribution < -0.4 is 9.80 Å². The Bertz CT molecular complexity index is 2700. The van der Waals surface area contributed by atoms with E-state index in [0.717, 1.165) is 57.8 Å². The number of para-hydroxylation sites is 2. The van der Waals surface area contributed by atoms with Crippen molar-refractivity contribution in [3.63, 3.8) is 0 Å². The van der Waals surface area contributed by atoms with E-state index in [1.54, 1.807) is 19.6 Å². The highest BCUT2D eigenvalue weighted by Gasteiger charge is 2.68. The number of carbonyl (C=O) groups is 4. The monoisotopic (exact) mass is 916 g/mol. The van der Waals surface area contributed by atoms with Gasteiger partial charge in [0, 0.05) is 70.6 Å². The first kappa shape index (κ1) is 42.3. The van der Waals surface area contributed by atoms with Gasteiger partial charge in [-0.3, -0.25) is 29.0 Å². The van der Waals surface area contributed by atoms with Gasteiger partial charge in [-0.1, -0.05) is 96.0 Å². The number of fused-ring (bicyclic) bond motifs is 4. The Hall–Kier alpha value is -6.30. The molecule has 4 fully saturated rings. The molecule has 6 aromatic carbocycles. The fraction of sp³-hybridized carbons (Fsp3) is 0.259. The number of morpholine rings is 2. The molecule has 10 nitrogen and oxygen atoms in total. The van der Waals surface area contributed by atoms with E-state index in [4.69, 9.17) is 32.7 Å². The van der Waals surface area contributed by atoms with Crippen molar-refractivity contribution in [2.75, 3.05) is 62.4 Å². The fourth-order valence-electron chi connectivity index (χ4n) is 10.7. The molecular formula is C54H46Cl2N4O6. The van der Waals surface area contributed by atoms with Crippen molar-refractivity contribution in [2.24, 2.45) is 0 Å². The minimum absolute atomic E-state index is 0.0275. The van der Waals surface area contributed by atoms with Gasteiger partial charge in [-0.2, -0.15) is 0 Å². The van der Waals surface area contributed by atoms with Crippen LogP contribution in [0.4, 0.5) is 22.7 Å². The summed E-state index contributed by atoms with van der Waals surface area (Å²) in [4.78, 5) is 61.2. The number of anilines is 4. The Balaban J connectivity index is 0.000000146. The Kier molecular flexibility index (Phi) is 10.8. The minimum Gasteiger partial charge on any atom is -0.378 e. The van der Waals surface area contributed by atoms with Crippen molar-refractivity contribution in [3.8, 4) is 0 Å². The molecule has 6 aromatic rings. The first-order valence-electron chi connectivity index (χ1n) is 22.5. The van der Waals surface area contributed by atoms with Crippen molar-refractivity contribution in [1.29, 1.82) is 0 Å². The Morgan fingerprint density at radius 1 is 0.485 bits per heavy atom. The van der Waals surface area contributed by atoms with Gasteiger partial charge >= 0.3 is 0 Å². The normalized spacial score (nSPS) is 23.7. The number of hydrogen-bond acceptors (Lipinski definition) is 6. The standard InChI is InChI=1S/2C27H23ClN2O3/c2*28-20-10-8-18(9-11-20)23-17-27(23)22-6-1-2-7-24(22)30(26(27)32)21-5-3-4-19(16-21)25(31)29-12-14-33-15-13-29/h2*1-11,16,23H,12-15,17H2/t2*23-,27+/m10/s1. The van der Waals surface area contributed by atoms with Crippen molar-refractivity contribution in [3.05, 3.63) is 189 Å². The predicted molar refractivity (Wildman–Crippen MR) is 254 cm³/mol. The van der Waals surface area contributed by atoms with Crippen LogP contribution in [0.1, 0.15) is 67.6 Å². The van der Waals surface area contributed by atoms with Crippen LogP contribution in [0.3, 0.4) is 0 Å². The predicted octanol–water partition coefficient (Wildman–Crippen LogP) is 9.83. The van der Waals surface area contributed by atoms with Crippen molar-refractivity contribution in [2.45, 2.75) is 35.5 Å². The molecule has 0 unspecified atom stereocenters. The fourth-order valence-corrected chi connectivity index (χ4v) is 10.9. The molecule has 0 N–H and O–H groups in total. The summed E-state index contributed by atoms with van der Waals surface area (Å²) < 4.78 is 10.7. The van der Waals surface area contributed by atoms with Gasteiger partial charge < -0.3 is 19.3 Å². The second-order valence-electron chi connectivity index (χ2n) is 17.8. The molecule has 2 spiro atoms. The smallest absolute Gasteiger partial charge is 0.254 e. The van der Waals surface area contributed by atoms with Gasteiger partial charge in [0.25, 0.3) is 11.8 Å². The van der Waals surface area contributed by atoms with Crippen molar-refractivity contribution in [1.82, 2.24) is 9.80 Å². The van der Waals surface area contributed by atoms with E-state index in [0.29, 0.717) is 73.8 Å². The van der Waals surface area contributed by atoms with Crippen molar-refractivity contribution >= 4 is 69.6 Å². The highest BCUT2D eigenvalue weighted by Crippen LogP contribution is 2.68. The largest absolute Gasteiger partial charge is 0.378 e. The second-order valence-corrected chi connectivity index (χ2v) is 18.7. The highest BCUT2D eigenvalue weighted by molar-refractivity contribution is 6.31. The zero-order valence-electron chi connectivity index (χ0n) is 36.1. The average Bonchev–Trinajstić information content (AvgIpc) is 4.27. The number of nitrogens with zero attached hydrogens (tertiary/aromatic N) is 4. The molecule has 12 heteroatoms.